The average molecular weight is 439 g/mol. The Morgan fingerprint density at radius 2 is 2.00 bits per heavy atom. The van der Waals surface area contributed by atoms with Crippen LogP contribution in [0, 0.1) is 0 Å². The Morgan fingerprint density at radius 1 is 1.22 bits per heavy atom. The zero-order valence-electron chi connectivity index (χ0n) is 13.9. The van der Waals surface area contributed by atoms with E-state index in [2.05, 4.69) is 21.2 Å². The number of para-hydroxylation sites is 1. The first-order valence-electron chi connectivity index (χ1n) is 8.18. The molecular weight excluding hydrogens is 425 g/mol. The summed E-state index contributed by atoms with van der Waals surface area (Å²) in [6, 6.07) is 12.0. The lowest BCUT2D eigenvalue weighted by molar-refractivity contribution is -0.143. The molecule has 27 heavy (non-hydrogen) atoms. The minimum atomic E-state index is -4.51. The molecule has 2 aromatic carbocycles. The highest BCUT2D eigenvalue weighted by Gasteiger charge is 2.41. The van der Waals surface area contributed by atoms with Gasteiger partial charge in [-0.1, -0.05) is 28.1 Å². The maximum absolute atomic E-state index is 13.1. The summed E-state index contributed by atoms with van der Waals surface area (Å²) in [6.07, 6.45) is -3.69. The lowest BCUT2D eigenvalue weighted by Gasteiger charge is -2.40. The van der Waals surface area contributed by atoms with Crippen molar-refractivity contribution in [3.63, 3.8) is 0 Å². The SMILES string of the molecule is O=C1c2ccccc2N[C@@H](C2=Cc3cc(Br)ccc3OC2)N1CC(F)(F)F. The average Bonchev–Trinajstić information content (AvgIpc) is 2.62. The standard InChI is InChI=1S/C19H14BrF3N2O2/c20-13-5-6-16-11(8-13)7-12(9-27-16)17-24-15-4-2-1-3-14(15)18(26)25(17)10-19(21,22)23/h1-8,17,24H,9-10H2/t17-/m1/s1. The third kappa shape index (κ3) is 3.53. The van der Waals surface area contributed by atoms with E-state index in [1.807, 2.05) is 12.1 Å². The molecule has 0 fully saturated rings. The number of carbonyl (C=O) groups excluding carboxylic acids is 1. The molecule has 2 aliphatic rings. The molecule has 2 aromatic rings. The number of fused-ring (bicyclic) bond motifs is 2. The van der Waals surface area contributed by atoms with Crippen LogP contribution in [-0.2, 0) is 0 Å². The number of benzene rings is 2. The van der Waals surface area contributed by atoms with E-state index in [0.29, 0.717) is 17.0 Å². The van der Waals surface area contributed by atoms with Crippen LogP contribution >= 0.6 is 15.9 Å². The predicted octanol–water partition coefficient (Wildman–Crippen LogP) is 4.68. The Hall–Kier alpha value is -2.48. The van der Waals surface area contributed by atoms with E-state index >= 15 is 0 Å². The van der Waals surface area contributed by atoms with E-state index in [1.54, 1.807) is 30.3 Å². The van der Waals surface area contributed by atoms with Crippen molar-refractivity contribution < 1.29 is 22.7 Å². The van der Waals surface area contributed by atoms with Gasteiger partial charge in [-0.2, -0.15) is 13.2 Å². The normalized spacial score (nSPS) is 18.8. The Balaban J connectivity index is 1.76. The lowest BCUT2D eigenvalue weighted by atomic mass is 10.0. The van der Waals surface area contributed by atoms with Crippen LogP contribution in [0.15, 0.2) is 52.5 Å². The van der Waals surface area contributed by atoms with Gasteiger partial charge in [0.15, 0.2) is 0 Å². The zero-order valence-corrected chi connectivity index (χ0v) is 15.5. The first-order chi connectivity index (χ1) is 12.8. The second-order valence-corrected chi connectivity index (χ2v) is 7.25. The highest BCUT2D eigenvalue weighted by molar-refractivity contribution is 9.10. The number of ether oxygens (including phenoxy) is 1. The number of rotatable bonds is 2. The first kappa shape index (κ1) is 17.9. The van der Waals surface area contributed by atoms with Gasteiger partial charge in [-0.05, 0) is 36.4 Å². The van der Waals surface area contributed by atoms with Gasteiger partial charge >= 0.3 is 6.18 Å². The summed E-state index contributed by atoms with van der Waals surface area (Å²) >= 11 is 3.38. The summed E-state index contributed by atoms with van der Waals surface area (Å²) in [7, 11) is 0. The van der Waals surface area contributed by atoms with Gasteiger partial charge in [0.05, 0.1) is 5.56 Å². The number of anilines is 1. The number of amides is 1. The van der Waals surface area contributed by atoms with Crippen LogP contribution in [0.4, 0.5) is 18.9 Å². The third-order valence-corrected chi connectivity index (χ3v) is 4.92. The van der Waals surface area contributed by atoms with E-state index in [4.69, 9.17) is 4.74 Å². The summed E-state index contributed by atoms with van der Waals surface area (Å²) < 4.78 is 46.0. The predicted molar refractivity (Wildman–Crippen MR) is 98.6 cm³/mol. The van der Waals surface area contributed by atoms with E-state index in [9.17, 15) is 18.0 Å². The van der Waals surface area contributed by atoms with Crippen molar-refractivity contribution >= 4 is 33.6 Å². The second-order valence-electron chi connectivity index (χ2n) is 6.33. The molecule has 1 atom stereocenters. The van der Waals surface area contributed by atoms with E-state index < -0.39 is 24.8 Å². The fraction of sp³-hybridized carbons (Fsp3) is 0.211. The molecule has 0 bridgehead atoms. The molecule has 1 amide bonds. The molecule has 0 aliphatic carbocycles. The minimum Gasteiger partial charge on any atom is -0.488 e. The highest BCUT2D eigenvalue weighted by Crippen LogP contribution is 2.35. The van der Waals surface area contributed by atoms with Crippen LogP contribution in [0.3, 0.4) is 0 Å². The van der Waals surface area contributed by atoms with Crippen LogP contribution in [-0.4, -0.2) is 36.3 Å². The molecule has 1 N–H and O–H groups in total. The van der Waals surface area contributed by atoms with Crippen LogP contribution in [0.5, 0.6) is 5.75 Å². The number of nitrogens with zero attached hydrogens (tertiary/aromatic N) is 1. The number of carbonyl (C=O) groups is 1. The fourth-order valence-electron chi connectivity index (χ4n) is 3.27. The summed E-state index contributed by atoms with van der Waals surface area (Å²) in [6.45, 7) is -1.25. The summed E-state index contributed by atoms with van der Waals surface area (Å²) in [5, 5.41) is 3.06. The van der Waals surface area contributed by atoms with Crippen molar-refractivity contribution in [2.24, 2.45) is 0 Å². The van der Waals surface area contributed by atoms with Gasteiger partial charge in [0.1, 0.15) is 25.1 Å². The highest BCUT2D eigenvalue weighted by atomic mass is 79.9. The Labute approximate surface area is 161 Å². The molecule has 0 saturated carbocycles. The largest absolute Gasteiger partial charge is 0.488 e. The van der Waals surface area contributed by atoms with Gasteiger partial charge in [-0.3, -0.25) is 4.79 Å². The van der Waals surface area contributed by atoms with Crippen molar-refractivity contribution in [2.45, 2.75) is 12.3 Å². The maximum Gasteiger partial charge on any atom is 0.406 e. The van der Waals surface area contributed by atoms with Crippen LogP contribution in [0.2, 0.25) is 0 Å². The summed E-state index contributed by atoms with van der Waals surface area (Å²) in [4.78, 5) is 13.6. The van der Waals surface area contributed by atoms with Gasteiger partial charge < -0.3 is 15.0 Å². The number of halogens is 4. The van der Waals surface area contributed by atoms with Crippen molar-refractivity contribution in [1.82, 2.24) is 4.90 Å². The molecule has 2 aliphatic heterocycles. The van der Waals surface area contributed by atoms with Crippen molar-refractivity contribution in [2.75, 3.05) is 18.5 Å². The number of nitrogens with one attached hydrogen (secondary N) is 1. The molecule has 0 unspecified atom stereocenters. The molecular formula is C19H14BrF3N2O2. The minimum absolute atomic E-state index is 0.0934. The van der Waals surface area contributed by atoms with Crippen molar-refractivity contribution in [3.05, 3.63) is 63.6 Å². The quantitative estimate of drug-likeness (QED) is 0.739. The molecule has 140 valence electrons. The topological polar surface area (TPSA) is 41.6 Å². The fourth-order valence-corrected chi connectivity index (χ4v) is 3.64. The molecule has 0 radical (unpaired) electrons. The Morgan fingerprint density at radius 3 is 2.78 bits per heavy atom. The van der Waals surface area contributed by atoms with Gasteiger partial charge in [-0.15, -0.1) is 0 Å². The number of hydrogen-bond donors (Lipinski definition) is 1. The van der Waals surface area contributed by atoms with Gasteiger partial charge in [0.2, 0.25) is 0 Å². The van der Waals surface area contributed by atoms with Gasteiger partial charge in [0.25, 0.3) is 5.91 Å². The third-order valence-electron chi connectivity index (χ3n) is 4.43. The zero-order chi connectivity index (χ0) is 19.2. The van der Waals surface area contributed by atoms with Crippen LogP contribution < -0.4 is 10.1 Å². The van der Waals surface area contributed by atoms with Gasteiger partial charge in [0, 0.05) is 21.3 Å². The van der Waals surface area contributed by atoms with E-state index in [-0.39, 0.29) is 12.2 Å². The second kappa shape index (κ2) is 6.60. The molecule has 4 nitrogen and oxygen atoms in total. The van der Waals surface area contributed by atoms with Crippen LogP contribution in [0.25, 0.3) is 6.08 Å². The monoisotopic (exact) mass is 438 g/mol. The van der Waals surface area contributed by atoms with E-state index in [0.717, 1.165) is 14.9 Å². The maximum atomic E-state index is 13.1. The molecule has 4 rings (SSSR count). The van der Waals surface area contributed by atoms with Gasteiger partial charge in [-0.25, -0.2) is 0 Å². The van der Waals surface area contributed by atoms with Crippen molar-refractivity contribution in [1.29, 1.82) is 0 Å². The van der Waals surface area contributed by atoms with Crippen molar-refractivity contribution in [3.8, 4) is 5.75 Å². The van der Waals surface area contributed by atoms with E-state index in [1.165, 1.54) is 6.07 Å². The molecule has 8 heteroatoms. The summed E-state index contributed by atoms with van der Waals surface area (Å²) in [5.74, 6) is -0.0144. The Bertz CT molecular complexity index is 943. The summed E-state index contributed by atoms with van der Waals surface area (Å²) in [5.41, 5.74) is 2.02. The molecule has 0 saturated heterocycles. The number of alkyl halides is 3. The number of hydrogen-bond acceptors (Lipinski definition) is 3. The lowest BCUT2D eigenvalue weighted by Crippen LogP contribution is -2.53. The molecule has 2 heterocycles. The Kier molecular flexibility index (Phi) is 4.38. The van der Waals surface area contributed by atoms with Crippen LogP contribution in [0.1, 0.15) is 15.9 Å². The molecule has 0 spiro atoms. The molecule has 0 aromatic heterocycles. The smallest absolute Gasteiger partial charge is 0.406 e. The first-order valence-corrected chi connectivity index (χ1v) is 8.97.